The molecule has 0 aliphatic rings. The van der Waals surface area contributed by atoms with Gasteiger partial charge in [-0.2, -0.15) is 0 Å². The molecule has 0 atom stereocenters. The molecule has 1 N–H and O–H groups in total. The molecule has 0 saturated carbocycles. The van der Waals surface area contributed by atoms with Gasteiger partial charge in [-0.25, -0.2) is 0 Å². The molecule has 0 radical (unpaired) electrons. The second-order valence-electron chi connectivity index (χ2n) is 8.26. The summed E-state index contributed by atoms with van der Waals surface area (Å²) in [6.07, 6.45) is 0. The summed E-state index contributed by atoms with van der Waals surface area (Å²) in [6.45, 7) is 1.70. The van der Waals surface area contributed by atoms with E-state index in [0.29, 0.717) is 0 Å². The zero-order valence-electron chi connectivity index (χ0n) is 17.8. The van der Waals surface area contributed by atoms with Crippen molar-refractivity contribution in [2.75, 3.05) is 6.66 Å². The minimum atomic E-state index is -2.98. The SMILES string of the molecule is Cc1cccc2[nH]c(P(C)(c3ccccc3)(c3ccccc3)c3ccccc3)cc12.I. The van der Waals surface area contributed by atoms with Gasteiger partial charge in [0.25, 0.3) is 0 Å². The first-order valence-corrected chi connectivity index (χ1v) is 13.1. The van der Waals surface area contributed by atoms with Gasteiger partial charge >= 0.3 is 178 Å². The average molecular weight is 535 g/mol. The number of aromatic nitrogens is 1. The molecule has 0 saturated heterocycles. The number of hydrogen-bond acceptors (Lipinski definition) is 0. The number of halogens is 1. The van der Waals surface area contributed by atoms with E-state index in [0.717, 1.165) is 0 Å². The van der Waals surface area contributed by atoms with Crippen molar-refractivity contribution in [2.45, 2.75) is 6.92 Å². The molecule has 5 rings (SSSR count). The van der Waals surface area contributed by atoms with Crippen molar-refractivity contribution in [3.63, 3.8) is 0 Å². The van der Waals surface area contributed by atoms with Crippen LogP contribution >= 0.6 is 30.6 Å². The Hall–Kier alpha value is -2.42. The van der Waals surface area contributed by atoms with Crippen molar-refractivity contribution in [3.05, 3.63) is 121 Å². The normalized spacial score (nSPS) is 12.6. The fourth-order valence-electron chi connectivity index (χ4n) is 4.86. The van der Waals surface area contributed by atoms with Gasteiger partial charge in [-0.05, 0) is 0 Å². The zero-order chi connectivity index (χ0) is 20.6. The van der Waals surface area contributed by atoms with Crippen molar-refractivity contribution in [2.24, 2.45) is 0 Å². The summed E-state index contributed by atoms with van der Waals surface area (Å²) < 4.78 is 0. The van der Waals surface area contributed by atoms with Crippen LogP contribution in [0.5, 0.6) is 0 Å². The molecule has 0 aliphatic heterocycles. The van der Waals surface area contributed by atoms with Crippen molar-refractivity contribution < 1.29 is 0 Å². The third-order valence-electron chi connectivity index (χ3n) is 6.68. The summed E-state index contributed by atoms with van der Waals surface area (Å²) in [5, 5.41) is 5.39. The van der Waals surface area contributed by atoms with Crippen LogP contribution in [0.25, 0.3) is 10.9 Å². The van der Waals surface area contributed by atoms with E-state index >= 15 is 0 Å². The van der Waals surface area contributed by atoms with Gasteiger partial charge in [-0.3, -0.25) is 0 Å². The third kappa shape index (κ3) is 3.16. The molecule has 0 fully saturated rings. The Morgan fingerprint density at radius 3 is 1.45 bits per heavy atom. The molecule has 31 heavy (non-hydrogen) atoms. The van der Waals surface area contributed by atoms with Crippen LogP contribution in [0, 0.1) is 6.92 Å². The fourth-order valence-corrected chi connectivity index (χ4v) is 10.2. The van der Waals surface area contributed by atoms with Crippen LogP contribution in [0.2, 0.25) is 0 Å². The maximum atomic E-state index is 3.87. The number of hydrogen-bond donors (Lipinski definition) is 1. The van der Waals surface area contributed by atoms with Crippen LogP contribution in [-0.2, 0) is 0 Å². The summed E-state index contributed by atoms with van der Waals surface area (Å²) in [6, 6.07) is 42.0. The monoisotopic (exact) mass is 535 g/mol. The van der Waals surface area contributed by atoms with Crippen molar-refractivity contribution >= 4 is 62.8 Å². The number of nitrogens with one attached hydrogen (secondary N) is 1. The Morgan fingerprint density at radius 2 is 1.03 bits per heavy atom. The molecule has 0 spiro atoms. The Labute approximate surface area is 201 Å². The van der Waals surface area contributed by atoms with Gasteiger partial charge in [-0.15, -0.1) is 24.0 Å². The van der Waals surface area contributed by atoms with Gasteiger partial charge < -0.3 is 0 Å². The van der Waals surface area contributed by atoms with E-state index in [-0.39, 0.29) is 24.0 Å². The first kappa shape index (κ1) is 21.8. The van der Waals surface area contributed by atoms with Gasteiger partial charge in [0.1, 0.15) is 0 Å². The predicted molar refractivity (Wildman–Crippen MR) is 149 cm³/mol. The van der Waals surface area contributed by atoms with Gasteiger partial charge in [-0.1, -0.05) is 0 Å². The summed E-state index contributed by atoms with van der Waals surface area (Å²) in [7, 11) is 0. The van der Waals surface area contributed by atoms with Gasteiger partial charge in [0, 0.05) is 0 Å². The van der Waals surface area contributed by atoms with E-state index in [1.165, 1.54) is 37.8 Å². The minimum Gasteiger partial charge on any atom is -0.107 e. The molecule has 0 bridgehead atoms. The smallest absolute Gasteiger partial charge is 0.107 e. The molecule has 1 aromatic heterocycles. The van der Waals surface area contributed by atoms with Crippen molar-refractivity contribution in [3.8, 4) is 0 Å². The Morgan fingerprint density at radius 1 is 0.581 bits per heavy atom. The molecule has 1 heterocycles. The van der Waals surface area contributed by atoms with E-state index in [9.17, 15) is 0 Å². The quantitative estimate of drug-likeness (QED) is 0.219. The Bertz CT molecular complexity index is 1210. The van der Waals surface area contributed by atoms with Crippen LogP contribution in [0.3, 0.4) is 0 Å². The molecule has 0 amide bonds. The molecule has 0 unspecified atom stereocenters. The number of fused-ring (bicyclic) bond motifs is 1. The number of aromatic amines is 1. The van der Waals surface area contributed by atoms with Crippen LogP contribution in [0.1, 0.15) is 5.56 Å². The largest absolute Gasteiger partial charge is 0.107 e. The summed E-state index contributed by atoms with van der Waals surface area (Å²) in [5.74, 6) is 0. The molecule has 3 heteroatoms. The Kier molecular flexibility index (Phi) is 5.81. The first-order chi connectivity index (χ1) is 14.6. The van der Waals surface area contributed by atoms with Gasteiger partial charge in [0.05, 0.1) is 0 Å². The van der Waals surface area contributed by atoms with Gasteiger partial charge in [0.15, 0.2) is 0 Å². The summed E-state index contributed by atoms with van der Waals surface area (Å²) in [5.41, 5.74) is 3.80. The van der Waals surface area contributed by atoms with E-state index in [2.05, 4.69) is 134 Å². The van der Waals surface area contributed by atoms with E-state index in [1.54, 1.807) is 0 Å². The van der Waals surface area contributed by atoms with E-state index in [4.69, 9.17) is 0 Å². The number of aryl methyl sites for hydroxylation is 1. The molecule has 156 valence electrons. The predicted octanol–water partition coefficient (Wildman–Crippen LogP) is 5.88. The topological polar surface area (TPSA) is 15.8 Å². The van der Waals surface area contributed by atoms with Crippen LogP contribution in [-0.4, -0.2) is 11.6 Å². The number of rotatable bonds is 4. The third-order valence-corrected chi connectivity index (χ3v) is 12.9. The summed E-state index contributed by atoms with van der Waals surface area (Å²) in [4.78, 5) is 3.87. The second-order valence-corrected chi connectivity index (χ2v) is 13.4. The molecule has 5 aromatic rings. The average Bonchev–Trinajstić information content (AvgIpc) is 3.27. The minimum absolute atomic E-state index is 0. The van der Waals surface area contributed by atoms with E-state index < -0.39 is 6.60 Å². The molecule has 0 aliphatic carbocycles. The van der Waals surface area contributed by atoms with Crippen molar-refractivity contribution in [1.82, 2.24) is 4.98 Å². The van der Waals surface area contributed by atoms with Crippen LogP contribution < -0.4 is 21.3 Å². The molecule has 4 aromatic carbocycles. The van der Waals surface area contributed by atoms with Gasteiger partial charge in [0.2, 0.25) is 0 Å². The van der Waals surface area contributed by atoms with Crippen molar-refractivity contribution in [1.29, 1.82) is 0 Å². The second kappa shape index (κ2) is 8.26. The number of benzene rings is 4. The first-order valence-electron chi connectivity index (χ1n) is 10.4. The van der Waals surface area contributed by atoms with Crippen LogP contribution in [0.4, 0.5) is 0 Å². The standard InChI is InChI=1S/C28H26NP.HI/c1-22-13-12-20-27-26(22)21-28(29-27)30(2,23-14-6-3-7-15-23,24-16-8-4-9-17-24)25-18-10-5-11-19-25;/h3-21,29H,1-2H3;1H. The fraction of sp³-hybridized carbons (Fsp3) is 0.0714. The maximum Gasteiger partial charge on any atom is -0.107 e. The Balaban J connectivity index is 0.00000231. The van der Waals surface area contributed by atoms with Crippen LogP contribution in [0.15, 0.2) is 115 Å². The zero-order valence-corrected chi connectivity index (χ0v) is 21.0. The summed E-state index contributed by atoms with van der Waals surface area (Å²) >= 11 is 0. The molecule has 1 nitrogen and oxygen atoms in total. The molecular weight excluding hydrogens is 508 g/mol. The van der Waals surface area contributed by atoms with E-state index in [1.807, 2.05) is 0 Å². The number of H-pyrrole nitrogens is 1. The molecular formula is C28H27INP. The maximum absolute atomic E-state index is 3.87.